The van der Waals surface area contributed by atoms with E-state index < -0.39 is 0 Å². The minimum absolute atomic E-state index is 0.414. The van der Waals surface area contributed by atoms with Crippen LogP contribution < -0.4 is 0 Å². The van der Waals surface area contributed by atoms with E-state index >= 15 is 0 Å². The first kappa shape index (κ1) is 8.61. The number of hydrogen-bond acceptors (Lipinski definition) is 4. The van der Waals surface area contributed by atoms with Gasteiger partial charge in [-0.15, -0.1) is 5.10 Å². The minimum Gasteiger partial charge on any atom is -0.369 e. The van der Waals surface area contributed by atoms with Crippen LogP contribution in [0.25, 0.3) is 5.78 Å². The molecule has 0 saturated carbocycles. The largest absolute Gasteiger partial charge is 0.369 e. The van der Waals surface area contributed by atoms with Gasteiger partial charge in [0.15, 0.2) is 0 Å². The van der Waals surface area contributed by atoms with Crippen molar-refractivity contribution in [1.29, 1.82) is 0 Å². The zero-order valence-corrected chi connectivity index (χ0v) is 7.99. The Hall–Kier alpha value is -1.98. The molecule has 2 heterocycles. The summed E-state index contributed by atoms with van der Waals surface area (Å²) in [5.74, 6) is 0.968. The molecule has 2 aromatic rings. The Kier molecular flexibility index (Phi) is 2.10. The van der Waals surface area contributed by atoms with E-state index in [1.54, 1.807) is 29.3 Å². The third-order valence-electron chi connectivity index (χ3n) is 1.51. The molecule has 6 nitrogen and oxygen atoms in total. The Bertz CT molecular complexity index is 425. The molecule has 0 bridgehead atoms. The van der Waals surface area contributed by atoms with Crippen LogP contribution in [0.2, 0.25) is 0 Å². The highest BCUT2D eigenvalue weighted by Gasteiger charge is 2.00. The van der Waals surface area contributed by atoms with E-state index in [9.17, 15) is 0 Å². The van der Waals surface area contributed by atoms with E-state index in [1.807, 2.05) is 19.0 Å². The van der Waals surface area contributed by atoms with Gasteiger partial charge in [-0.3, -0.25) is 0 Å². The van der Waals surface area contributed by atoms with Gasteiger partial charge in [0.05, 0.1) is 6.34 Å². The predicted octanol–water partition coefficient (Wildman–Crippen LogP) is 0.346. The molecule has 0 radical (unpaired) electrons. The zero-order chi connectivity index (χ0) is 9.97. The Morgan fingerprint density at radius 1 is 1.50 bits per heavy atom. The van der Waals surface area contributed by atoms with Gasteiger partial charge < -0.3 is 4.90 Å². The highest BCUT2D eigenvalue weighted by Crippen LogP contribution is 2.04. The predicted molar refractivity (Wildman–Crippen MR) is 52.6 cm³/mol. The molecule has 6 heteroatoms. The molecule has 0 fully saturated rings. The molecule has 72 valence electrons. The molecule has 0 amide bonds. The number of fused-ring (bicyclic) bond motifs is 1. The average molecular weight is 190 g/mol. The van der Waals surface area contributed by atoms with Crippen molar-refractivity contribution in [3.05, 3.63) is 18.5 Å². The summed E-state index contributed by atoms with van der Waals surface area (Å²) < 4.78 is 1.59. The van der Waals surface area contributed by atoms with E-state index in [4.69, 9.17) is 0 Å². The van der Waals surface area contributed by atoms with Crippen LogP contribution >= 0.6 is 0 Å². The van der Waals surface area contributed by atoms with Crippen molar-refractivity contribution in [2.24, 2.45) is 4.99 Å². The second-order valence-electron chi connectivity index (χ2n) is 2.98. The van der Waals surface area contributed by atoms with E-state index in [1.165, 1.54) is 0 Å². The minimum atomic E-state index is 0.414. The molecule has 0 aliphatic carbocycles. The van der Waals surface area contributed by atoms with E-state index in [2.05, 4.69) is 20.1 Å². The SMILES string of the molecule is CN(C)C=Nc1nc2ncccn2n1. The van der Waals surface area contributed by atoms with Crippen LogP contribution in [0.5, 0.6) is 0 Å². The number of hydrogen-bond donors (Lipinski definition) is 0. The Morgan fingerprint density at radius 2 is 2.36 bits per heavy atom. The van der Waals surface area contributed by atoms with Gasteiger partial charge in [0, 0.05) is 26.5 Å². The lowest BCUT2D eigenvalue weighted by Crippen LogP contribution is -2.07. The fraction of sp³-hybridized carbons (Fsp3) is 0.250. The fourth-order valence-corrected chi connectivity index (χ4v) is 0.944. The van der Waals surface area contributed by atoms with Crippen LogP contribution in [0.1, 0.15) is 0 Å². The lowest BCUT2D eigenvalue weighted by atomic mass is 10.7. The highest BCUT2D eigenvalue weighted by atomic mass is 15.4. The van der Waals surface area contributed by atoms with Crippen LogP contribution in [-0.4, -0.2) is 44.9 Å². The molecule has 14 heavy (non-hydrogen) atoms. The maximum atomic E-state index is 4.10. The molecule has 0 aliphatic heterocycles. The van der Waals surface area contributed by atoms with Crippen LogP contribution in [0.4, 0.5) is 5.95 Å². The van der Waals surface area contributed by atoms with Gasteiger partial charge in [0.1, 0.15) is 0 Å². The quantitative estimate of drug-likeness (QED) is 0.506. The van der Waals surface area contributed by atoms with Gasteiger partial charge in [-0.1, -0.05) is 0 Å². The molecule has 0 atom stereocenters. The fourth-order valence-electron chi connectivity index (χ4n) is 0.944. The lowest BCUT2D eigenvalue weighted by Gasteiger charge is -1.99. The van der Waals surface area contributed by atoms with E-state index in [0.717, 1.165) is 0 Å². The zero-order valence-electron chi connectivity index (χ0n) is 7.99. The second kappa shape index (κ2) is 3.41. The summed E-state index contributed by atoms with van der Waals surface area (Å²) in [6, 6.07) is 1.79. The van der Waals surface area contributed by atoms with Crippen molar-refractivity contribution in [2.75, 3.05) is 14.1 Å². The molecule has 0 saturated heterocycles. The summed E-state index contributed by atoms with van der Waals surface area (Å²) in [7, 11) is 3.77. The first-order valence-corrected chi connectivity index (χ1v) is 4.14. The highest BCUT2D eigenvalue weighted by molar-refractivity contribution is 5.58. The van der Waals surface area contributed by atoms with Gasteiger partial charge in [0.25, 0.3) is 11.7 Å². The van der Waals surface area contributed by atoms with Gasteiger partial charge in [0.2, 0.25) is 0 Å². The molecule has 0 N–H and O–H groups in total. The number of rotatable bonds is 2. The molecular weight excluding hydrogens is 180 g/mol. The smallest absolute Gasteiger partial charge is 0.272 e. The topological polar surface area (TPSA) is 58.7 Å². The van der Waals surface area contributed by atoms with Crippen LogP contribution in [0, 0.1) is 0 Å². The van der Waals surface area contributed by atoms with Gasteiger partial charge >= 0.3 is 0 Å². The normalized spacial score (nSPS) is 11.3. The van der Waals surface area contributed by atoms with E-state index in [0.29, 0.717) is 11.7 Å². The summed E-state index contributed by atoms with van der Waals surface area (Å²) in [5.41, 5.74) is 0. The molecule has 2 aromatic heterocycles. The standard InChI is InChI=1S/C8H10N6/c1-13(2)6-10-7-11-8-9-4-3-5-14(8)12-7/h3-6H,1-2H3. The van der Waals surface area contributed by atoms with Gasteiger partial charge in [-0.2, -0.15) is 4.98 Å². The van der Waals surface area contributed by atoms with Gasteiger partial charge in [-0.25, -0.2) is 14.5 Å². The summed E-state index contributed by atoms with van der Waals surface area (Å²) in [5, 5.41) is 4.10. The summed E-state index contributed by atoms with van der Waals surface area (Å²) in [6.07, 6.45) is 5.10. The summed E-state index contributed by atoms with van der Waals surface area (Å²) >= 11 is 0. The molecule has 0 aromatic carbocycles. The Balaban J connectivity index is 2.36. The maximum absolute atomic E-state index is 4.10. The Labute approximate surface area is 80.9 Å². The summed E-state index contributed by atoms with van der Waals surface area (Å²) in [4.78, 5) is 14.0. The molecule has 0 unspecified atom stereocenters. The van der Waals surface area contributed by atoms with E-state index in [-0.39, 0.29) is 0 Å². The summed E-state index contributed by atoms with van der Waals surface area (Å²) in [6.45, 7) is 0. The van der Waals surface area contributed by atoms with Crippen LogP contribution in [-0.2, 0) is 0 Å². The van der Waals surface area contributed by atoms with Crippen molar-refractivity contribution >= 4 is 18.1 Å². The van der Waals surface area contributed by atoms with Crippen molar-refractivity contribution < 1.29 is 0 Å². The number of nitrogens with zero attached hydrogens (tertiary/aromatic N) is 6. The lowest BCUT2D eigenvalue weighted by molar-refractivity contribution is 0.642. The first-order valence-electron chi connectivity index (χ1n) is 4.14. The average Bonchev–Trinajstić information content (AvgIpc) is 2.57. The molecule has 0 aliphatic rings. The van der Waals surface area contributed by atoms with Crippen LogP contribution in [0.3, 0.4) is 0 Å². The third kappa shape index (κ3) is 1.68. The second-order valence-corrected chi connectivity index (χ2v) is 2.98. The van der Waals surface area contributed by atoms with Crippen molar-refractivity contribution in [1.82, 2.24) is 24.5 Å². The maximum Gasteiger partial charge on any atom is 0.272 e. The van der Waals surface area contributed by atoms with Crippen molar-refractivity contribution in [3.8, 4) is 0 Å². The third-order valence-corrected chi connectivity index (χ3v) is 1.51. The van der Waals surface area contributed by atoms with Crippen molar-refractivity contribution in [3.63, 3.8) is 0 Å². The number of aromatic nitrogens is 4. The Morgan fingerprint density at radius 3 is 3.07 bits per heavy atom. The molecule has 2 rings (SSSR count). The first-order chi connectivity index (χ1) is 6.75. The van der Waals surface area contributed by atoms with Crippen molar-refractivity contribution in [2.45, 2.75) is 0 Å². The monoisotopic (exact) mass is 190 g/mol. The number of aliphatic imine (C=N–C) groups is 1. The molecule has 0 spiro atoms. The van der Waals surface area contributed by atoms with Crippen LogP contribution in [0.15, 0.2) is 23.5 Å². The van der Waals surface area contributed by atoms with Gasteiger partial charge in [-0.05, 0) is 6.07 Å². The molecular formula is C8H10N6.